The largest absolute Gasteiger partial charge is 1.00 e. The molecule has 37 heavy (non-hydrogen) atoms. The number of hydrogen-bond donors (Lipinski definition) is 0. The maximum atomic E-state index is 13.6. The van der Waals surface area contributed by atoms with E-state index < -0.39 is 28.9 Å². The van der Waals surface area contributed by atoms with Crippen molar-refractivity contribution in [2.24, 2.45) is 0 Å². The Morgan fingerprint density at radius 1 is 0.703 bits per heavy atom. The van der Waals surface area contributed by atoms with Crippen molar-refractivity contribution in [3.05, 3.63) is 111 Å². The standard InChI is InChI=1S/C28H23F6.2ClH.Hf/c1-16-10-24(20-11-22(27(29,30)31)13-23(12-20)28(32,33)34)25(19(16)4)26(14-17(2)18(3)15-26)21-8-6-5-7-9-21;;;/h5-15H,1-4H3;2*1H;/q-1;;;/p-2. The number of alkyl halides is 6. The summed E-state index contributed by atoms with van der Waals surface area (Å²) in [5, 5.41) is 0. The van der Waals surface area contributed by atoms with E-state index in [9.17, 15) is 26.3 Å². The number of benzene rings is 2. The van der Waals surface area contributed by atoms with Gasteiger partial charge in [-0.05, 0) is 19.4 Å². The van der Waals surface area contributed by atoms with E-state index in [0.29, 0.717) is 11.1 Å². The predicted octanol–water partition coefficient (Wildman–Crippen LogP) is 2.92. The van der Waals surface area contributed by atoms with Crippen LogP contribution in [0.4, 0.5) is 26.3 Å². The molecule has 0 radical (unpaired) electrons. The SMILES string of the molecule is CC1=CC(c2ccccc2)(c2c(C)c(C)c[c-]2-c2cc(C(F)(F)F)cc(C(F)(F)F)c2)C=C1C.[Cl-].[Cl-].[Hf]. The molecule has 4 rings (SSSR count). The van der Waals surface area contributed by atoms with Gasteiger partial charge in [-0.3, -0.25) is 0 Å². The van der Waals surface area contributed by atoms with Crippen LogP contribution in [0.3, 0.4) is 0 Å². The molecule has 0 bridgehead atoms. The minimum atomic E-state index is -4.91. The Hall–Kier alpha value is -1.70. The van der Waals surface area contributed by atoms with Crippen molar-refractivity contribution in [2.45, 2.75) is 45.5 Å². The summed E-state index contributed by atoms with van der Waals surface area (Å²) in [5.41, 5.74) is 2.05. The molecule has 9 heteroatoms. The molecule has 0 spiro atoms. The fraction of sp³-hybridized carbons (Fsp3) is 0.250. The van der Waals surface area contributed by atoms with Crippen LogP contribution in [0.5, 0.6) is 0 Å². The normalized spacial score (nSPS) is 14.6. The zero-order valence-electron chi connectivity index (χ0n) is 20.4. The van der Waals surface area contributed by atoms with Gasteiger partial charge in [-0.2, -0.15) is 26.3 Å². The quantitative estimate of drug-likeness (QED) is 0.222. The van der Waals surface area contributed by atoms with Gasteiger partial charge in [-0.1, -0.05) is 84.7 Å². The molecule has 1 aliphatic carbocycles. The topological polar surface area (TPSA) is 0 Å². The summed E-state index contributed by atoms with van der Waals surface area (Å²) in [6, 6.07) is 13.0. The van der Waals surface area contributed by atoms with Crippen molar-refractivity contribution in [3.8, 4) is 11.1 Å². The third kappa shape index (κ3) is 6.15. The van der Waals surface area contributed by atoms with Gasteiger partial charge in [-0.25, -0.2) is 0 Å². The molecule has 0 fully saturated rings. The van der Waals surface area contributed by atoms with Crippen molar-refractivity contribution in [2.75, 3.05) is 0 Å². The molecule has 0 atom stereocenters. The molecule has 0 saturated carbocycles. The second-order valence-electron chi connectivity index (χ2n) is 8.93. The Labute approximate surface area is 243 Å². The smallest absolute Gasteiger partial charge is 0.409 e. The van der Waals surface area contributed by atoms with E-state index in [1.165, 1.54) is 0 Å². The summed E-state index contributed by atoms with van der Waals surface area (Å²) < 4.78 is 81.6. The van der Waals surface area contributed by atoms with Gasteiger partial charge in [0, 0.05) is 42.4 Å². The van der Waals surface area contributed by atoms with Crippen LogP contribution in [0.1, 0.15) is 47.2 Å². The molecule has 0 aromatic heterocycles. The molecule has 0 amide bonds. The van der Waals surface area contributed by atoms with Crippen molar-refractivity contribution >= 4 is 0 Å². The van der Waals surface area contributed by atoms with Gasteiger partial charge in [-0.15, -0.1) is 34.9 Å². The summed E-state index contributed by atoms with van der Waals surface area (Å²) >= 11 is 0. The fourth-order valence-corrected chi connectivity index (χ4v) is 4.79. The van der Waals surface area contributed by atoms with Crippen LogP contribution in [0.2, 0.25) is 0 Å². The van der Waals surface area contributed by atoms with E-state index in [2.05, 4.69) is 0 Å². The maximum absolute atomic E-state index is 13.6. The molecule has 0 N–H and O–H groups in total. The monoisotopic (exact) mass is 723 g/mol. The first-order valence-corrected chi connectivity index (χ1v) is 10.8. The van der Waals surface area contributed by atoms with Crippen LogP contribution < -0.4 is 24.8 Å². The zero-order chi connectivity index (χ0) is 25.1. The summed E-state index contributed by atoms with van der Waals surface area (Å²) in [6.45, 7) is 7.59. The molecule has 198 valence electrons. The summed E-state index contributed by atoms with van der Waals surface area (Å²) in [7, 11) is 0. The van der Waals surface area contributed by atoms with Crippen LogP contribution in [-0.4, -0.2) is 0 Å². The Morgan fingerprint density at radius 2 is 1.16 bits per heavy atom. The van der Waals surface area contributed by atoms with Gasteiger partial charge in [0.25, 0.3) is 0 Å². The van der Waals surface area contributed by atoms with Gasteiger partial charge in [0.2, 0.25) is 0 Å². The Bertz CT molecular complexity index is 1260. The first-order chi connectivity index (χ1) is 15.7. The van der Waals surface area contributed by atoms with Crippen molar-refractivity contribution in [1.82, 2.24) is 0 Å². The van der Waals surface area contributed by atoms with E-state index >= 15 is 0 Å². The predicted molar refractivity (Wildman–Crippen MR) is 122 cm³/mol. The Kier molecular flexibility index (Phi) is 10.4. The van der Waals surface area contributed by atoms with Gasteiger partial charge in [0.05, 0.1) is 0 Å². The van der Waals surface area contributed by atoms with Gasteiger partial charge in [0.15, 0.2) is 0 Å². The van der Waals surface area contributed by atoms with Crippen LogP contribution in [0, 0.1) is 13.8 Å². The fourth-order valence-electron chi connectivity index (χ4n) is 4.79. The zero-order valence-corrected chi connectivity index (χ0v) is 25.5. The first kappa shape index (κ1) is 33.3. The molecule has 1 aliphatic rings. The van der Waals surface area contributed by atoms with Gasteiger partial charge >= 0.3 is 12.4 Å². The van der Waals surface area contributed by atoms with Crippen molar-refractivity contribution < 1.29 is 77.0 Å². The molecule has 0 nitrogen and oxygen atoms in total. The van der Waals surface area contributed by atoms with Crippen LogP contribution >= 0.6 is 0 Å². The van der Waals surface area contributed by atoms with E-state index in [1.807, 2.05) is 70.2 Å². The molecule has 0 heterocycles. The second-order valence-corrected chi connectivity index (χ2v) is 8.93. The van der Waals surface area contributed by atoms with E-state index in [0.717, 1.165) is 40.0 Å². The third-order valence-electron chi connectivity index (χ3n) is 6.67. The maximum Gasteiger partial charge on any atom is 0.409 e. The molecule has 0 unspecified atom stereocenters. The average molecular weight is 723 g/mol. The molecular weight excluding hydrogens is 700 g/mol. The number of rotatable bonds is 3. The Balaban J connectivity index is 0.00000228. The number of hydrogen-bond acceptors (Lipinski definition) is 0. The minimum absolute atomic E-state index is 0. The van der Waals surface area contributed by atoms with Crippen LogP contribution in [-0.2, 0) is 43.6 Å². The number of aryl methyl sites for hydroxylation is 1. The first-order valence-electron chi connectivity index (χ1n) is 10.8. The van der Waals surface area contributed by atoms with Gasteiger partial charge in [0.1, 0.15) is 0 Å². The number of allylic oxidation sites excluding steroid dienone is 4. The summed E-state index contributed by atoms with van der Waals surface area (Å²) in [5.74, 6) is 0. The summed E-state index contributed by atoms with van der Waals surface area (Å²) in [6.07, 6.45) is -5.74. The number of halogens is 8. The molecule has 0 saturated heterocycles. The van der Waals surface area contributed by atoms with Gasteiger partial charge < -0.3 is 24.8 Å². The Morgan fingerprint density at radius 3 is 1.59 bits per heavy atom. The van der Waals surface area contributed by atoms with Crippen LogP contribution in [0.15, 0.2) is 77.9 Å². The third-order valence-corrected chi connectivity index (χ3v) is 6.67. The minimum Gasteiger partial charge on any atom is -1.00 e. The van der Waals surface area contributed by atoms with E-state index in [4.69, 9.17) is 0 Å². The second kappa shape index (κ2) is 11.6. The average Bonchev–Trinajstić information content (AvgIpc) is 3.23. The summed E-state index contributed by atoms with van der Waals surface area (Å²) in [4.78, 5) is 0. The molecule has 3 aromatic rings. The van der Waals surface area contributed by atoms with E-state index in [1.54, 1.807) is 6.07 Å². The van der Waals surface area contributed by atoms with Crippen LogP contribution in [0.25, 0.3) is 11.1 Å². The van der Waals surface area contributed by atoms with E-state index in [-0.39, 0.29) is 62.3 Å². The molecular formula is C28H23Cl2F6Hf-3. The molecule has 0 aliphatic heterocycles. The van der Waals surface area contributed by atoms with Crippen molar-refractivity contribution in [3.63, 3.8) is 0 Å². The molecule has 3 aromatic carbocycles. The van der Waals surface area contributed by atoms with Crippen molar-refractivity contribution in [1.29, 1.82) is 0 Å².